The number of halogens is 3. The molecule has 2 aromatic rings. The highest BCUT2D eigenvalue weighted by Gasteiger charge is 2.27. The van der Waals surface area contributed by atoms with Gasteiger partial charge < -0.3 is 4.74 Å². The molecule has 2 atom stereocenters. The molecule has 0 bridgehead atoms. The predicted octanol–water partition coefficient (Wildman–Crippen LogP) is 7.57. The quantitative estimate of drug-likeness (QED) is 0.412. The minimum atomic E-state index is -0.977. The van der Waals surface area contributed by atoms with Gasteiger partial charge in [0.15, 0.2) is 11.6 Å². The molecule has 0 radical (unpaired) electrons. The van der Waals surface area contributed by atoms with Crippen LogP contribution in [0.3, 0.4) is 0 Å². The second-order valence-electron chi connectivity index (χ2n) is 8.12. The molecule has 1 aliphatic rings. The summed E-state index contributed by atoms with van der Waals surface area (Å²) < 4.78 is 50.1. The molecule has 0 saturated carbocycles. The average molecular weight is 405 g/mol. The van der Waals surface area contributed by atoms with Crippen LogP contribution in [0, 0.1) is 17.5 Å². The SMILES string of the molecule is CCCCCC1CCC(c2ccc(-c3ccc(CCC)cc3F)c(F)c2F)CO1. The van der Waals surface area contributed by atoms with Gasteiger partial charge in [-0.3, -0.25) is 0 Å². The van der Waals surface area contributed by atoms with Gasteiger partial charge >= 0.3 is 0 Å². The van der Waals surface area contributed by atoms with E-state index >= 15 is 0 Å². The first-order valence-electron chi connectivity index (χ1n) is 10.9. The zero-order valence-electron chi connectivity index (χ0n) is 17.4. The molecule has 0 aliphatic carbocycles. The first-order valence-corrected chi connectivity index (χ1v) is 10.9. The summed E-state index contributed by atoms with van der Waals surface area (Å²) >= 11 is 0. The third-order valence-electron chi connectivity index (χ3n) is 5.91. The van der Waals surface area contributed by atoms with Gasteiger partial charge in [0.1, 0.15) is 5.82 Å². The molecule has 0 N–H and O–H groups in total. The molecule has 1 fully saturated rings. The predicted molar refractivity (Wildman–Crippen MR) is 112 cm³/mol. The van der Waals surface area contributed by atoms with Crippen molar-refractivity contribution in [2.45, 2.75) is 77.2 Å². The molecule has 2 unspecified atom stereocenters. The summed E-state index contributed by atoms with van der Waals surface area (Å²) in [6.45, 7) is 4.60. The van der Waals surface area contributed by atoms with E-state index in [4.69, 9.17) is 4.74 Å². The lowest BCUT2D eigenvalue weighted by molar-refractivity contribution is -0.00277. The summed E-state index contributed by atoms with van der Waals surface area (Å²) in [5.41, 5.74) is 1.27. The summed E-state index contributed by atoms with van der Waals surface area (Å²) in [5.74, 6) is -2.53. The van der Waals surface area contributed by atoms with Gasteiger partial charge in [0, 0.05) is 17.0 Å². The smallest absolute Gasteiger partial charge is 0.167 e. The highest BCUT2D eigenvalue weighted by molar-refractivity contribution is 5.66. The minimum Gasteiger partial charge on any atom is -0.378 e. The number of ether oxygens (including phenoxy) is 1. The first kappa shape index (κ1) is 21.9. The topological polar surface area (TPSA) is 9.23 Å². The highest BCUT2D eigenvalue weighted by Crippen LogP contribution is 2.35. The lowest BCUT2D eigenvalue weighted by Gasteiger charge is -2.30. The van der Waals surface area contributed by atoms with Gasteiger partial charge in [-0.1, -0.05) is 63.8 Å². The van der Waals surface area contributed by atoms with Crippen molar-refractivity contribution in [1.82, 2.24) is 0 Å². The molecular weight excluding hydrogens is 373 g/mol. The molecule has 1 heterocycles. The van der Waals surface area contributed by atoms with Crippen LogP contribution < -0.4 is 0 Å². The second-order valence-corrected chi connectivity index (χ2v) is 8.12. The number of aryl methyl sites for hydroxylation is 1. The number of unbranched alkanes of at least 4 members (excludes halogenated alkanes) is 2. The van der Waals surface area contributed by atoms with Crippen molar-refractivity contribution < 1.29 is 17.9 Å². The Bertz CT molecular complexity index is 810. The minimum absolute atomic E-state index is 0.0269. The van der Waals surface area contributed by atoms with E-state index in [0.717, 1.165) is 44.1 Å². The summed E-state index contributed by atoms with van der Waals surface area (Å²) in [4.78, 5) is 0. The van der Waals surface area contributed by atoms with Gasteiger partial charge in [-0.2, -0.15) is 0 Å². The summed E-state index contributed by atoms with van der Waals surface area (Å²) in [6.07, 6.45) is 8.08. The van der Waals surface area contributed by atoms with Gasteiger partial charge in [-0.15, -0.1) is 0 Å². The number of benzene rings is 2. The van der Waals surface area contributed by atoms with Crippen LogP contribution in [0.5, 0.6) is 0 Å². The molecule has 2 aromatic carbocycles. The van der Waals surface area contributed by atoms with Crippen molar-refractivity contribution in [2.24, 2.45) is 0 Å². The van der Waals surface area contributed by atoms with Gasteiger partial charge in [0.05, 0.1) is 12.7 Å². The van der Waals surface area contributed by atoms with E-state index in [1.165, 1.54) is 25.0 Å². The number of rotatable bonds is 8. The molecule has 29 heavy (non-hydrogen) atoms. The van der Waals surface area contributed by atoms with Gasteiger partial charge in [0.2, 0.25) is 0 Å². The van der Waals surface area contributed by atoms with Crippen molar-refractivity contribution in [3.05, 3.63) is 58.9 Å². The lowest BCUT2D eigenvalue weighted by Crippen LogP contribution is -2.25. The van der Waals surface area contributed by atoms with E-state index in [-0.39, 0.29) is 23.1 Å². The van der Waals surface area contributed by atoms with E-state index in [2.05, 4.69) is 6.92 Å². The maximum absolute atomic E-state index is 14.9. The molecule has 0 amide bonds. The Balaban J connectivity index is 1.74. The molecular formula is C25H31F3O. The van der Waals surface area contributed by atoms with Crippen LogP contribution in [-0.2, 0) is 11.2 Å². The molecule has 0 spiro atoms. The molecule has 1 saturated heterocycles. The van der Waals surface area contributed by atoms with Crippen molar-refractivity contribution >= 4 is 0 Å². The Kier molecular flexibility index (Phi) is 7.77. The zero-order valence-corrected chi connectivity index (χ0v) is 17.4. The van der Waals surface area contributed by atoms with Crippen LogP contribution in [0.2, 0.25) is 0 Å². The van der Waals surface area contributed by atoms with Crippen LogP contribution in [0.15, 0.2) is 30.3 Å². The van der Waals surface area contributed by atoms with Gasteiger partial charge in [-0.05, 0) is 42.9 Å². The van der Waals surface area contributed by atoms with E-state index in [1.807, 2.05) is 6.92 Å². The van der Waals surface area contributed by atoms with E-state index < -0.39 is 17.5 Å². The lowest BCUT2D eigenvalue weighted by atomic mass is 9.88. The van der Waals surface area contributed by atoms with E-state index in [0.29, 0.717) is 12.2 Å². The van der Waals surface area contributed by atoms with Crippen LogP contribution in [0.25, 0.3) is 11.1 Å². The van der Waals surface area contributed by atoms with Crippen LogP contribution >= 0.6 is 0 Å². The average Bonchev–Trinajstić information content (AvgIpc) is 2.72. The standard InChI is InChI=1S/C25H31F3O/c1-3-5-6-8-19-11-10-18(16-29-19)20-13-14-22(25(28)24(20)27)21-12-9-17(7-4-2)15-23(21)26/h9,12-15,18-19H,3-8,10-11,16H2,1-2H3. The van der Waals surface area contributed by atoms with Gasteiger partial charge in [0.25, 0.3) is 0 Å². The van der Waals surface area contributed by atoms with Crippen molar-refractivity contribution in [2.75, 3.05) is 6.61 Å². The molecule has 0 aromatic heterocycles. The second kappa shape index (κ2) is 10.3. The molecule has 1 aliphatic heterocycles. The Labute approximate surface area is 172 Å². The fraction of sp³-hybridized carbons (Fsp3) is 0.520. The van der Waals surface area contributed by atoms with Crippen LogP contribution in [-0.4, -0.2) is 12.7 Å². The Morgan fingerprint density at radius 2 is 1.69 bits per heavy atom. The number of hydrogen-bond acceptors (Lipinski definition) is 1. The molecule has 4 heteroatoms. The van der Waals surface area contributed by atoms with Crippen molar-refractivity contribution in [3.8, 4) is 11.1 Å². The fourth-order valence-electron chi connectivity index (χ4n) is 4.21. The summed E-state index contributed by atoms with van der Waals surface area (Å²) in [5, 5.41) is 0. The molecule has 1 nitrogen and oxygen atoms in total. The van der Waals surface area contributed by atoms with Crippen LogP contribution in [0.4, 0.5) is 13.2 Å². The van der Waals surface area contributed by atoms with E-state index in [1.54, 1.807) is 18.2 Å². The van der Waals surface area contributed by atoms with Crippen LogP contribution in [0.1, 0.15) is 75.8 Å². The third-order valence-corrected chi connectivity index (χ3v) is 5.91. The molecule has 158 valence electrons. The maximum Gasteiger partial charge on any atom is 0.167 e. The normalized spacial score (nSPS) is 19.5. The maximum atomic E-state index is 14.9. The highest BCUT2D eigenvalue weighted by atomic mass is 19.2. The van der Waals surface area contributed by atoms with E-state index in [9.17, 15) is 13.2 Å². The van der Waals surface area contributed by atoms with Crippen molar-refractivity contribution in [3.63, 3.8) is 0 Å². The third kappa shape index (κ3) is 5.22. The summed E-state index contributed by atoms with van der Waals surface area (Å²) in [6, 6.07) is 7.83. The first-order chi connectivity index (χ1) is 14.0. The Morgan fingerprint density at radius 1 is 0.897 bits per heavy atom. The fourth-order valence-corrected chi connectivity index (χ4v) is 4.21. The zero-order chi connectivity index (χ0) is 20.8. The monoisotopic (exact) mass is 404 g/mol. The molecule has 3 rings (SSSR count). The summed E-state index contributed by atoms with van der Waals surface area (Å²) in [7, 11) is 0. The van der Waals surface area contributed by atoms with Crippen molar-refractivity contribution in [1.29, 1.82) is 0 Å². The Hall–Kier alpha value is -1.81. The van der Waals surface area contributed by atoms with Gasteiger partial charge in [-0.25, -0.2) is 13.2 Å². The Morgan fingerprint density at radius 3 is 2.34 bits per heavy atom. The number of hydrogen-bond donors (Lipinski definition) is 0. The largest absolute Gasteiger partial charge is 0.378 e.